The van der Waals surface area contributed by atoms with E-state index in [0.29, 0.717) is 0 Å². The third-order valence-electron chi connectivity index (χ3n) is 1.88. The fraction of sp³-hybridized carbons (Fsp3) is 0.400. The number of phenolic OH excluding ortho intramolecular Hbond substituents is 1. The van der Waals surface area contributed by atoms with Crippen LogP contribution in [0.5, 0.6) is 5.75 Å². The standard InChI is InChI=1S/C10H14O2/c1-7-4-5-8(11)6-9(7)10(2,3)12/h4-6,11-12H,1-3H3. The Kier molecular flexibility index (Phi) is 2.11. The van der Waals surface area contributed by atoms with Gasteiger partial charge in [0.1, 0.15) is 5.75 Å². The van der Waals surface area contributed by atoms with E-state index in [1.165, 1.54) is 0 Å². The highest BCUT2D eigenvalue weighted by Crippen LogP contribution is 2.26. The molecule has 1 aromatic carbocycles. The van der Waals surface area contributed by atoms with Crippen molar-refractivity contribution >= 4 is 0 Å². The van der Waals surface area contributed by atoms with Crippen molar-refractivity contribution in [2.45, 2.75) is 26.4 Å². The second-order valence-electron chi connectivity index (χ2n) is 3.56. The van der Waals surface area contributed by atoms with Crippen LogP contribution < -0.4 is 0 Å². The molecular weight excluding hydrogens is 152 g/mol. The number of hydrogen-bond donors (Lipinski definition) is 2. The molecule has 2 nitrogen and oxygen atoms in total. The van der Waals surface area contributed by atoms with Gasteiger partial charge in [-0.1, -0.05) is 6.07 Å². The number of aliphatic hydroxyl groups is 1. The first kappa shape index (κ1) is 9.07. The van der Waals surface area contributed by atoms with Gasteiger partial charge in [-0.3, -0.25) is 0 Å². The van der Waals surface area contributed by atoms with Gasteiger partial charge in [-0.2, -0.15) is 0 Å². The summed E-state index contributed by atoms with van der Waals surface area (Å²) >= 11 is 0. The Morgan fingerprint density at radius 3 is 2.25 bits per heavy atom. The van der Waals surface area contributed by atoms with E-state index in [9.17, 15) is 10.2 Å². The van der Waals surface area contributed by atoms with E-state index >= 15 is 0 Å². The highest BCUT2D eigenvalue weighted by molar-refractivity contribution is 5.37. The van der Waals surface area contributed by atoms with Crippen LogP contribution in [0.3, 0.4) is 0 Å². The first-order valence-corrected chi connectivity index (χ1v) is 3.94. The van der Waals surface area contributed by atoms with Crippen LogP contribution in [-0.2, 0) is 5.60 Å². The van der Waals surface area contributed by atoms with Gasteiger partial charge in [-0.25, -0.2) is 0 Å². The molecule has 0 aliphatic heterocycles. The zero-order chi connectivity index (χ0) is 9.35. The maximum absolute atomic E-state index is 9.68. The highest BCUT2D eigenvalue weighted by atomic mass is 16.3. The zero-order valence-corrected chi connectivity index (χ0v) is 7.63. The smallest absolute Gasteiger partial charge is 0.115 e. The van der Waals surface area contributed by atoms with Crippen LogP contribution in [0.2, 0.25) is 0 Å². The molecule has 0 aliphatic rings. The zero-order valence-electron chi connectivity index (χ0n) is 7.63. The summed E-state index contributed by atoms with van der Waals surface area (Å²) in [5.41, 5.74) is 0.867. The van der Waals surface area contributed by atoms with Gasteiger partial charge < -0.3 is 10.2 Å². The normalized spacial score (nSPS) is 11.7. The lowest BCUT2D eigenvalue weighted by molar-refractivity contribution is 0.0776. The molecule has 0 atom stereocenters. The minimum absolute atomic E-state index is 0.192. The topological polar surface area (TPSA) is 40.5 Å². The lowest BCUT2D eigenvalue weighted by atomic mass is 9.94. The molecule has 2 heteroatoms. The Labute approximate surface area is 72.5 Å². The van der Waals surface area contributed by atoms with Crippen molar-refractivity contribution in [2.24, 2.45) is 0 Å². The average Bonchev–Trinajstić information content (AvgIpc) is 1.92. The molecule has 0 saturated heterocycles. The lowest BCUT2D eigenvalue weighted by Crippen LogP contribution is -2.16. The van der Waals surface area contributed by atoms with Gasteiger partial charge in [-0.15, -0.1) is 0 Å². The van der Waals surface area contributed by atoms with E-state index in [4.69, 9.17) is 0 Å². The molecule has 1 aromatic rings. The molecule has 0 amide bonds. The summed E-state index contributed by atoms with van der Waals surface area (Å²) < 4.78 is 0. The van der Waals surface area contributed by atoms with Crippen LogP contribution in [-0.4, -0.2) is 10.2 Å². The molecule has 0 bridgehead atoms. The first-order chi connectivity index (χ1) is 5.41. The molecule has 1 rings (SSSR count). The Balaban J connectivity index is 3.23. The highest BCUT2D eigenvalue weighted by Gasteiger charge is 2.18. The van der Waals surface area contributed by atoms with Crippen LogP contribution in [0.1, 0.15) is 25.0 Å². The maximum atomic E-state index is 9.68. The fourth-order valence-electron chi connectivity index (χ4n) is 1.27. The molecule has 0 saturated carbocycles. The van der Waals surface area contributed by atoms with Crippen molar-refractivity contribution in [1.29, 1.82) is 0 Å². The number of phenols is 1. The predicted octanol–water partition coefficient (Wildman–Crippen LogP) is 1.93. The molecule has 0 heterocycles. The van der Waals surface area contributed by atoms with Crippen molar-refractivity contribution in [3.63, 3.8) is 0 Å². The van der Waals surface area contributed by atoms with Crippen LogP contribution in [0.25, 0.3) is 0 Å². The molecule has 0 unspecified atom stereocenters. The molecule has 0 fully saturated rings. The van der Waals surface area contributed by atoms with Crippen LogP contribution in [0.15, 0.2) is 18.2 Å². The van der Waals surface area contributed by atoms with Gasteiger partial charge in [0.25, 0.3) is 0 Å². The molecule has 0 radical (unpaired) electrons. The van der Waals surface area contributed by atoms with Gasteiger partial charge in [0, 0.05) is 0 Å². The lowest BCUT2D eigenvalue weighted by Gasteiger charge is -2.20. The number of hydrogen-bond acceptors (Lipinski definition) is 2. The van der Waals surface area contributed by atoms with Gasteiger partial charge in [0.05, 0.1) is 5.60 Å². The molecule has 66 valence electrons. The van der Waals surface area contributed by atoms with E-state index < -0.39 is 5.60 Å². The number of aryl methyl sites for hydroxylation is 1. The summed E-state index contributed by atoms with van der Waals surface area (Å²) in [5.74, 6) is 0.192. The van der Waals surface area contributed by atoms with Gasteiger partial charge >= 0.3 is 0 Å². The van der Waals surface area contributed by atoms with Gasteiger partial charge in [0.2, 0.25) is 0 Å². The summed E-state index contributed by atoms with van der Waals surface area (Å²) in [6, 6.07) is 5.00. The minimum atomic E-state index is -0.886. The molecule has 2 N–H and O–H groups in total. The van der Waals surface area contributed by atoms with Crippen LogP contribution in [0, 0.1) is 6.92 Å². The number of aromatic hydroxyl groups is 1. The van der Waals surface area contributed by atoms with E-state index in [2.05, 4.69) is 0 Å². The minimum Gasteiger partial charge on any atom is -0.508 e. The van der Waals surface area contributed by atoms with E-state index in [1.54, 1.807) is 32.0 Å². The Hall–Kier alpha value is -1.02. The van der Waals surface area contributed by atoms with Crippen molar-refractivity contribution in [3.05, 3.63) is 29.3 Å². The first-order valence-electron chi connectivity index (χ1n) is 3.94. The quantitative estimate of drug-likeness (QED) is 0.669. The molecule has 12 heavy (non-hydrogen) atoms. The largest absolute Gasteiger partial charge is 0.508 e. The molecule has 0 aromatic heterocycles. The summed E-state index contributed by atoms with van der Waals surface area (Å²) in [6.45, 7) is 5.32. The third-order valence-corrected chi connectivity index (χ3v) is 1.88. The summed E-state index contributed by atoms with van der Waals surface area (Å²) in [4.78, 5) is 0. The van der Waals surface area contributed by atoms with Crippen molar-refractivity contribution in [2.75, 3.05) is 0 Å². The monoisotopic (exact) mass is 166 g/mol. The van der Waals surface area contributed by atoms with Gasteiger partial charge in [0.15, 0.2) is 0 Å². The summed E-state index contributed by atoms with van der Waals surface area (Å²) in [7, 11) is 0. The van der Waals surface area contributed by atoms with E-state index in [1.807, 2.05) is 6.92 Å². The predicted molar refractivity (Wildman–Crippen MR) is 48.1 cm³/mol. The second kappa shape index (κ2) is 2.79. The summed E-state index contributed by atoms with van der Waals surface area (Å²) in [6.07, 6.45) is 0. The molecule has 0 spiro atoms. The fourth-order valence-corrected chi connectivity index (χ4v) is 1.27. The van der Waals surface area contributed by atoms with Crippen LogP contribution in [0.4, 0.5) is 0 Å². The SMILES string of the molecule is Cc1ccc(O)cc1C(C)(C)O. The number of benzene rings is 1. The second-order valence-corrected chi connectivity index (χ2v) is 3.56. The third kappa shape index (κ3) is 1.77. The molecule has 0 aliphatic carbocycles. The maximum Gasteiger partial charge on any atom is 0.115 e. The Bertz CT molecular complexity index is 284. The Morgan fingerprint density at radius 2 is 1.83 bits per heavy atom. The molecular formula is C10H14O2. The van der Waals surface area contributed by atoms with E-state index in [-0.39, 0.29) is 5.75 Å². The Morgan fingerprint density at radius 1 is 1.25 bits per heavy atom. The van der Waals surface area contributed by atoms with Crippen molar-refractivity contribution in [1.82, 2.24) is 0 Å². The summed E-state index contributed by atoms with van der Waals surface area (Å²) in [5, 5.41) is 18.9. The average molecular weight is 166 g/mol. The van der Waals surface area contributed by atoms with Crippen molar-refractivity contribution < 1.29 is 10.2 Å². The van der Waals surface area contributed by atoms with Gasteiger partial charge in [-0.05, 0) is 44.0 Å². The van der Waals surface area contributed by atoms with E-state index in [0.717, 1.165) is 11.1 Å². The number of rotatable bonds is 1. The van der Waals surface area contributed by atoms with Crippen LogP contribution >= 0.6 is 0 Å². The van der Waals surface area contributed by atoms with Crippen molar-refractivity contribution in [3.8, 4) is 5.75 Å².